The number of alkyl halides is 3. The summed E-state index contributed by atoms with van der Waals surface area (Å²) in [5.41, 5.74) is -1.22. The number of hydrogen-bond donors (Lipinski definition) is 0. The number of rotatable bonds is 5. The Morgan fingerprint density at radius 1 is 1.35 bits per heavy atom. The van der Waals surface area contributed by atoms with Crippen LogP contribution < -0.4 is 4.84 Å². The Morgan fingerprint density at radius 2 is 1.96 bits per heavy atom. The van der Waals surface area contributed by atoms with Crippen LogP contribution in [0.1, 0.15) is 19.4 Å². The molecule has 7 nitrogen and oxygen atoms in total. The minimum absolute atomic E-state index is 0.171. The number of sulfonamides is 1. The van der Waals surface area contributed by atoms with Crippen molar-refractivity contribution in [2.45, 2.75) is 20.0 Å². The van der Waals surface area contributed by atoms with Gasteiger partial charge in [-0.2, -0.15) is 18.2 Å². The summed E-state index contributed by atoms with van der Waals surface area (Å²) in [6, 6.07) is 0.931. The number of nitrogens with zero attached hydrogens (tertiary/aromatic N) is 2. The number of amides is 1. The maximum absolute atomic E-state index is 12.7. The summed E-state index contributed by atoms with van der Waals surface area (Å²) >= 11 is 5.45. The Morgan fingerprint density at radius 3 is 2.43 bits per heavy atom. The molecule has 130 valence electrons. The highest BCUT2D eigenvalue weighted by molar-refractivity contribution is 7.89. The molecule has 0 aliphatic heterocycles. The molecule has 0 spiro atoms. The van der Waals surface area contributed by atoms with Crippen molar-refractivity contribution < 1.29 is 36.0 Å². The number of aromatic nitrogens is 1. The molecule has 23 heavy (non-hydrogen) atoms. The van der Waals surface area contributed by atoms with Gasteiger partial charge in [0, 0.05) is 6.07 Å². The molecular weight excluding hydrogens is 365 g/mol. The third-order valence-corrected chi connectivity index (χ3v) is 3.96. The van der Waals surface area contributed by atoms with E-state index in [0.29, 0.717) is 12.1 Å². The van der Waals surface area contributed by atoms with Gasteiger partial charge >= 0.3 is 12.3 Å². The lowest BCUT2D eigenvalue weighted by Crippen LogP contribution is -2.41. The van der Waals surface area contributed by atoms with Gasteiger partial charge in [-0.3, -0.25) is 0 Å². The van der Waals surface area contributed by atoms with Crippen LogP contribution in [-0.2, 0) is 20.9 Å². The lowest BCUT2D eigenvalue weighted by Gasteiger charge is -2.20. The first-order valence-electron chi connectivity index (χ1n) is 6.13. The molecule has 12 heteroatoms. The first-order valence-corrected chi connectivity index (χ1v) is 8.12. The third-order valence-electron chi connectivity index (χ3n) is 2.31. The molecular formula is C11H12ClF3N2O5S. The summed E-state index contributed by atoms with van der Waals surface area (Å²) in [5.74, 6) is -1.38. The van der Waals surface area contributed by atoms with Crippen LogP contribution in [0.25, 0.3) is 0 Å². The minimum atomic E-state index is -4.76. The number of hydrogen-bond acceptors (Lipinski definition) is 6. The fraction of sp³-hybridized carbons (Fsp3) is 0.455. The molecule has 0 radical (unpaired) electrons. The Kier molecular flexibility index (Phi) is 6.05. The van der Waals surface area contributed by atoms with E-state index >= 15 is 0 Å². The van der Waals surface area contributed by atoms with Crippen molar-refractivity contribution in [3.8, 4) is 5.88 Å². The standard InChI is InChI=1S/C11H12ClF3N2O5S/c1-3-21-10(18)17(23(19,20)4-2)22-9-6-7(11(13,14)15)5-8(12)16-9/h5-6H,3-4H2,1-2H3. The zero-order chi connectivity index (χ0) is 17.8. The van der Waals surface area contributed by atoms with Crippen LogP contribution >= 0.6 is 11.6 Å². The highest BCUT2D eigenvalue weighted by Crippen LogP contribution is 2.32. The van der Waals surface area contributed by atoms with E-state index < -0.39 is 44.6 Å². The molecule has 0 bridgehead atoms. The van der Waals surface area contributed by atoms with Gasteiger partial charge in [-0.05, 0) is 24.4 Å². The molecule has 0 aliphatic carbocycles. The fourth-order valence-electron chi connectivity index (χ4n) is 1.27. The number of carbonyl (C=O) groups excluding carboxylic acids is 1. The highest BCUT2D eigenvalue weighted by Gasteiger charge is 2.34. The molecule has 1 heterocycles. The zero-order valence-corrected chi connectivity index (χ0v) is 13.5. The summed E-state index contributed by atoms with van der Waals surface area (Å²) < 4.78 is 66.0. The van der Waals surface area contributed by atoms with Gasteiger partial charge in [-0.15, -0.1) is 0 Å². The lowest BCUT2D eigenvalue weighted by molar-refractivity contribution is -0.137. The number of hydroxylamine groups is 1. The van der Waals surface area contributed by atoms with E-state index in [1.54, 1.807) is 0 Å². The van der Waals surface area contributed by atoms with Crippen LogP contribution in [0.2, 0.25) is 5.15 Å². The highest BCUT2D eigenvalue weighted by atomic mass is 35.5. The number of carbonyl (C=O) groups is 1. The normalized spacial score (nSPS) is 11.9. The van der Waals surface area contributed by atoms with Gasteiger partial charge in [-0.1, -0.05) is 11.6 Å². The van der Waals surface area contributed by atoms with Crippen molar-refractivity contribution in [1.82, 2.24) is 9.45 Å². The van der Waals surface area contributed by atoms with Gasteiger partial charge in [0.05, 0.1) is 17.9 Å². The zero-order valence-electron chi connectivity index (χ0n) is 11.9. The molecule has 0 unspecified atom stereocenters. The predicted molar refractivity (Wildman–Crippen MR) is 73.2 cm³/mol. The van der Waals surface area contributed by atoms with E-state index in [1.807, 2.05) is 0 Å². The van der Waals surface area contributed by atoms with Gasteiger partial charge in [0.1, 0.15) is 5.15 Å². The summed E-state index contributed by atoms with van der Waals surface area (Å²) in [6.45, 7) is 2.44. The van der Waals surface area contributed by atoms with Crippen LogP contribution in [0.4, 0.5) is 18.0 Å². The number of ether oxygens (including phenoxy) is 1. The van der Waals surface area contributed by atoms with E-state index in [9.17, 15) is 26.4 Å². The van der Waals surface area contributed by atoms with Gasteiger partial charge < -0.3 is 9.57 Å². The molecule has 0 atom stereocenters. The number of halogens is 4. The Labute approximate surface area is 135 Å². The first-order chi connectivity index (χ1) is 10.5. The van der Waals surface area contributed by atoms with Gasteiger partial charge in [0.2, 0.25) is 5.88 Å². The third kappa shape index (κ3) is 5.13. The van der Waals surface area contributed by atoms with Crippen molar-refractivity contribution in [2.75, 3.05) is 12.4 Å². The summed E-state index contributed by atoms with van der Waals surface area (Å²) in [5, 5.41) is -0.590. The van der Waals surface area contributed by atoms with Crippen molar-refractivity contribution in [3.63, 3.8) is 0 Å². The van der Waals surface area contributed by atoms with Crippen molar-refractivity contribution in [2.24, 2.45) is 0 Å². The molecule has 1 aromatic heterocycles. The topological polar surface area (TPSA) is 85.8 Å². The minimum Gasteiger partial charge on any atom is -0.447 e. The second-order valence-electron chi connectivity index (χ2n) is 3.93. The van der Waals surface area contributed by atoms with E-state index in [2.05, 4.69) is 14.6 Å². The summed E-state index contributed by atoms with van der Waals surface area (Å²) in [4.78, 5) is 19.7. The maximum Gasteiger partial charge on any atom is 0.458 e. The SMILES string of the molecule is CCOC(=O)N(Oc1cc(C(F)(F)F)cc(Cl)n1)S(=O)(=O)CC. The predicted octanol–water partition coefficient (Wildman–Crippen LogP) is 2.86. The summed E-state index contributed by atoms with van der Waals surface area (Å²) in [6.07, 6.45) is -6.17. The van der Waals surface area contributed by atoms with Crippen molar-refractivity contribution >= 4 is 27.7 Å². The van der Waals surface area contributed by atoms with Crippen molar-refractivity contribution in [1.29, 1.82) is 0 Å². The average molecular weight is 377 g/mol. The summed E-state index contributed by atoms with van der Waals surface area (Å²) in [7, 11) is -4.27. The van der Waals surface area contributed by atoms with Crippen molar-refractivity contribution in [3.05, 3.63) is 22.8 Å². The molecule has 1 rings (SSSR count). The monoisotopic (exact) mass is 376 g/mol. The van der Waals surface area contributed by atoms with Crippen LogP contribution in [0, 0.1) is 0 Å². The Balaban J connectivity index is 3.24. The molecule has 1 amide bonds. The van der Waals surface area contributed by atoms with E-state index in [1.165, 1.54) is 13.8 Å². The molecule has 0 fully saturated rings. The molecule has 0 aromatic carbocycles. The number of pyridine rings is 1. The van der Waals surface area contributed by atoms with E-state index in [4.69, 9.17) is 11.6 Å². The molecule has 0 saturated heterocycles. The second kappa shape index (κ2) is 7.21. The van der Waals surface area contributed by atoms with Crippen LogP contribution in [-0.4, -0.2) is 36.3 Å². The van der Waals surface area contributed by atoms with Gasteiger partial charge in [0.25, 0.3) is 10.0 Å². The second-order valence-corrected chi connectivity index (χ2v) is 6.39. The molecule has 0 saturated carbocycles. The molecule has 1 aromatic rings. The average Bonchev–Trinajstić information content (AvgIpc) is 2.43. The fourth-order valence-corrected chi connectivity index (χ4v) is 2.17. The molecule has 0 N–H and O–H groups in total. The smallest absolute Gasteiger partial charge is 0.447 e. The Bertz CT molecular complexity index is 681. The largest absolute Gasteiger partial charge is 0.458 e. The van der Waals surface area contributed by atoms with Crippen LogP contribution in [0.3, 0.4) is 0 Å². The lowest BCUT2D eigenvalue weighted by atomic mass is 10.2. The first kappa shape index (κ1) is 19.3. The molecule has 0 aliphatic rings. The maximum atomic E-state index is 12.7. The van der Waals surface area contributed by atoms with Gasteiger partial charge in [0.15, 0.2) is 0 Å². The van der Waals surface area contributed by atoms with Gasteiger partial charge in [-0.25, -0.2) is 13.2 Å². The van der Waals surface area contributed by atoms with E-state index in [-0.39, 0.29) is 11.1 Å². The quantitative estimate of drug-likeness (QED) is 0.580. The van der Waals surface area contributed by atoms with Crippen LogP contribution in [0.5, 0.6) is 5.88 Å². The van der Waals surface area contributed by atoms with E-state index in [0.717, 1.165) is 0 Å². The van der Waals surface area contributed by atoms with Crippen LogP contribution in [0.15, 0.2) is 12.1 Å². The Hall–Kier alpha value is -1.75.